The van der Waals surface area contributed by atoms with Crippen LogP contribution in [-0.2, 0) is 21.4 Å². The number of sulfonamides is 1. The van der Waals surface area contributed by atoms with Gasteiger partial charge in [-0.25, -0.2) is 8.42 Å². The highest BCUT2D eigenvalue weighted by Gasteiger charge is 2.22. The van der Waals surface area contributed by atoms with Crippen LogP contribution in [0.2, 0.25) is 0 Å². The SMILES string of the molecule is Cc1ccc(CNC(=O)CCN(c2c(C)cc(C)cc2C)S(C)(=O)=O)cc1. The Hall–Kier alpha value is -2.34. The summed E-state index contributed by atoms with van der Waals surface area (Å²) in [6, 6.07) is 11.8. The zero-order chi connectivity index (χ0) is 20.2. The number of amides is 1. The lowest BCUT2D eigenvalue weighted by molar-refractivity contribution is -0.121. The van der Waals surface area contributed by atoms with Crippen LogP contribution in [0, 0.1) is 27.7 Å². The fourth-order valence-corrected chi connectivity index (χ4v) is 4.25. The number of aryl methyl sites for hydroxylation is 4. The second-order valence-electron chi connectivity index (χ2n) is 7.09. The second-order valence-corrected chi connectivity index (χ2v) is 9.00. The number of carbonyl (C=O) groups is 1. The van der Waals surface area contributed by atoms with Crippen molar-refractivity contribution >= 4 is 21.6 Å². The van der Waals surface area contributed by atoms with Crippen LogP contribution in [0.15, 0.2) is 36.4 Å². The Bertz CT molecular complexity index is 896. The van der Waals surface area contributed by atoms with E-state index in [0.717, 1.165) is 27.8 Å². The van der Waals surface area contributed by atoms with Crippen LogP contribution >= 0.6 is 0 Å². The molecule has 0 saturated carbocycles. The van der Waals surface area contributed by atoms with E-state index in [4.69, 9.17) is 0 Å². The molecule has 2 rings (SSSR count). The summed E-state index contributed by atoms with van der Waals surface area (Å²) in [4.78, 5) is 12.2. The predicted octanol–water partition coefficient (Wildman–Crippen LogP) is 3.39. The summed E-state index contributed by atoms with van der Waals surface area (Å²) in [5.74, 6) is -0.174. The molecule has 5 nitrogen and oxygen atoms in total. The molecule has 146 valence electrons. The quantitative estimate of drug-likeness (QED) is 0.791. The Balaban J connectivity index is 2.07. The highest BCUT2D eigenvalue weighted by Crippen LogP contribution is 2.28. The molecule has 0 aliphatic carbocycles. The Morgan fingerprint density at radius 2 is 1.52 bits per heavy atom. The van der Waals surface area contributed by atoms with Gasteiger partial charge >= 0.3 is 0 Å². The first-order chi connectivity index (χ1) is 12.6. The molecule has 1 amide bonds. The molecular formula is C21H28N2O3S. The highest BCUT2D eigenvalue weighted by molar-refractivity contribution is 7.92. The van der Waals surface area contributed by atoms with Crippen molar-refractivity contribution in [3.63, 3.8) is 0 Å². The molecule has 0 unspecified atom stereocenters. The van der Waals surface area contributed by atoms with Gasteiger partial charge in [0.05, 0.1) is 11.9 Å². The van der Waals surface area contributed by atoms with E-state index in [9.17, 15) is 13.2 Å². The molecule has 0 heterocycles. The van der Waals surface area contributed by atoms with Gasteiger partial charge in [-0.3, -0.25) is 9.10 Å². The average Bonchev–Trinajstić information content (AvgIpc) is 2.55. The van der Waals surface area contributed by atoms with E-state index in [1.54, 1.807) is 0 Å². The third-order valence-electron chi connectivity index (χ3n) is 4.44. The van der Waals surface area contributed by atoms with E-state index in [2.05, 4.69) is 5.32 Å². The first kappa shape index (κ1) is 21.0. The van der Waals surface area contributed by atoms with Crippen LogP contribution in [0.4, 0.5) is 5.69 Å². The van der Waals surface area contributed by atoms with Crippen LogP contribution in [0.3, 0.4) is 0 Å². The lowest BCUT2D eigenvalue weighted by atomic mass is 10.1. The molecule has 6 heteroatoms. The maximum atomic E-state index is 12.3. The van der Waals surface area contributed by atoms with Crippen molar-refractivity contribution < 1.29 is 13.2 Å². The van der Waals surface area contributed by atoms with Gasteiger partial charge < -0.3 is 5.32 Å². The van der Waals surface area contributed by atoms with E-state index < -0.39 is 10.0 Å². The first-order valence-corrected chi connectivity index (χ1v) is 10.8. The predicted molar refractivity (Wildman–Crippen MR) is 110 cm³/mol. The number of nitrogens with one attached hydrogen (secondary N) is 1. The van der Waals surface area contributed by atoms with Crippen LogP contribution in [0.1, 0.15) is 34.2 Å². The Morgan fingerprint density at radius 3 is 2.04 bits per heavy atom. The van der Waals surface area contributed by atoms with Gasteiger partial charge in [0.15, 0.2) is 0 Å². The molecule has 0 atom stereocenters. The zero-order valence-electron chi connectivity index (χ0n) is 16.7. The molecule has 1 N–H and O–H groups in total. The summed E-state index contributed by atoms with van der Waals surface area (Å²) in [6.07, 6.45) is 1.28. The molecule has 0 radical (unpaired) electrons. The third kappa shape index (κ3) is 5.82. The smallest absolute Gasteiger partial charge is 0.232 e. The number of rotatable bonds is 7. The van der Waals surface area contributed by atoms with Gasteiger partial charge in [0, 0.05) is 19.5 Å². The van der Waals surface area contributed by atoms with Crippen LogP contribution < -0.4 is 9.62 Å². The maximum absolute atomic E-state index is 12.3. The lowest BCUT2D eigenvalue weighted by Crippen LogP contribution is -2.35. The number of nitrogens with zero attached hydrogens (tertiary/aromatic N) is 1. The molecule has 0 aromatic heterocycles. The van der Waals surface area contributed by atoms with E-state index in [1.807, 2.05) is 64.1 Å². The van der Waals surface area contributed by atoms with Gasteiger partial charge in [0.1, 0.15) is 0 Å². The topological polar surface area (TPSA) is 66.5 Å². The monoisotopic (exact) mass is 388 g/mol. The van der Waals surface area contributed by atoms with Crippen molar-refractivity contribution in [3.05, 3.63) is 64.2 Å². The largest absolute Gasteiger partial charge is 0.352 e. The fraction of sp³-hybridized carbons (Fsp3) is 0.381. The van der Waals surface area contributed by atoms with Crippen molar-refractivity contribution in [1.29, 1.82) is 0 Å². The van der Waals surface area contributed by atoms with Gasteiger partial charge in [0.25, 0.3) is 0 Å². The minimum absolute atomic E-state index is 0.103. The standard InChI is InChI=1S/C21H28N2O3S/c1-15-6-8-19(9-7-15)14-22-20(24)10-11-23(27(5,25)26)21-17(3)12-16(2)13-18(21)4/h6-9,12-13H,10-11,14H2,1-5H3,(H,22,24). The molecule has 0 aliphatic heterocycles. The summed E-state index contributed by atoms with van der Waals surface area (Å²) < 4.78 is 26.0. The molecule has 0 saturated heterocycles. The molecular weight excluding hydrogens is 360 g/mol. The number of anilines is 1. The summed E-state index contributed by atoms with van der Waals surface area (Å²) in [5.41, 5.74) is 5.69. The molecule has 2 aromatic rings. The maximum Gasteiger partial charge on any atom is 0.232 e. The molecule has 27 heavy (non-hydrogen) atoms. The van der Waals surface area contributed by atoms with Crippen LogP contribution in [0.25, 0.3) is 0 Å². The van der Waals surface area contributed by atoms with Crippen molar-refractivity contribution in [3.8, 4) is 0 Å². The lowest BCUT2D eigenvalue weighted by Gasteiger charge is -2.26. The Kier molecular flexibility index (Phi) is 6.65. The second kappa shape index (κ2) is 8.57. The summed E-state index contributed by atoms with van der Waals surface area (Å²) in [7, 11) is -3.49. The Morgan fingerprint density at radius 1 is 0.963 bits per heavy atom. The van der Waals surface area contributed by atoms with Crippen molar-refractivity contribution in [1.82, 2.24) is 5.32 Å². The van der Waals surface area contributed by atoms with Crippen LogP contribution in [-0.4, -0.2) is 27.1 Å². The van der Waals surface area contributed by atoms with Crippen molar-refractivity contribution in [2.24, 2.45) is 0 Å². The number of carbonyl (C=O) groups excluding carboxylic acids is 1. The average molecular weight is 389 g/mol. The number of hydrogen-bond acceptors (Lipinski definition) is 3. The van der Waals surface area contributed by atoms with Gasteiger partial charge in [-0.05, 0) is 44.4 Å². The van der Waals surface area contributed by atoms with Gasteiger partial charge in [-0.1, -0.05) is 47.5 Å². The van der Waals surface area contributed by atoms with E-state index in [-0.39, 0.29) is 18.9 Å². The molecule has 0 fully saturated rings. The first-order valence-electron chi connectivity index (χ1n) is 8.95. The van der Waals surface area contributed by atoms with Gasteiger partial charge in [-0.2, -0.15) is 0 Å². The minimum atomic E-state index is -3.49. The highest BCUT2D eigenvalue weighted by atomic mass is 32.2. The minimum Gasteiger partial charge on any atom is -0.352 e. The van der Waals surface area contributed by atoms with E-state index in [1.165, 1.54) is 10.6 Å². The molecule has 2 aromatic carbocycles. The number of benzene rings is 2. The van der Waals surface area contributed by atoms with E-state index >= 15 is 0 Å². The van der Waals surface area contributed by atoms with Gasteiger partial charge in [-0.15, -0.1) is 0 Å². The molecule has 0 aliphatic rings. The van der Waals surface area contributed by atoms with Crippen LogP contribution in [0.5, 0.6) is 0 Å². The Labute approximate surface area is 162 Å². The van der Waals surface area contributed by atoms with E-state index in [0.29, 0.717) is 12.2 Å². The number of hydrogen-bond donors (Lipinski definition) is 1. The zero-order valence-corrected chi connectivity index (χ0v) is 17.5. The third-order valence-corrected chi connectivity index (χ3v) is 5.60. The van der Waals surface area contributed by atoms with Crippen molar-refractivity contribution in [2.45, 2.75) is 40.7 Å². The summed E-state index contributed by atoms with van der Waals surface area (Å²) in [5, 5.41) is 2.85. The normalized spacial score (nSPS) is 11.3. The molecule has 0 bridgehead atoms. The summed E-state index contributed by atoms with van der Waals surface area (Å²) >= 11 is 0. The van der Waals surface area contributed by atoms with Gasteiger partial charge in [0.2, 0.25) is 15.9 Å². The fourth-order valence-electron chi connectivity index (χ4n) is 3.21. The van der Waals surface area contributed by atoms with Crippen molar-refractivity contribution in [2.75, 3.05) is 17.1 Å². The molecule has 0 spiro atoms. The summed E-state index contributed by atoms with van der Waals surface area (Å²) in [6.45, 7) is 8.32.